The highest BCUT2D eigenvalue weighted by atomic mass is 79.9. The van der Waals surface area contributed by atoms with E-state index in [0.29, 0.717) is 23.1 Å². The Labute approximate surface area is 113 Å². The van der Waals surface area contributed by atoms with E-state index in [1.807, 2.05) is 0 Å². The minimum Gasteiger partial charge on any atom is -0.379 e. The van der Waals surface area contributed by atoms with Crippen molar-refractivity contribution in [3.05, 3.63) is 32.8 Å². The van der Waals surface area contributed by atoms with Gasteiger partial charge in [-0.15, -0.1) is 0 Å². The first kappa shape index (κ1) is 14.4. The van der Waals surface area contributed by atoms with E-state index in [-0.39, 0.29) is 11.6 Å². The summed E-state index contributed by atoms with van der Waals surface area (Å²) in [4.78, 5) is 23.2. The molecule has 0 aliphatic carbocycles. The summed E-state index contributed by atoms with van der Waals surface area (Å²) in [6.45, 7) is 0.361. The number of amides is 1. The van der Waals surface area contributed by atoms with Crippen molar-refractivity contribution < 1.29 is 9.72 Å². The quantitative estimate of drug-likeness (QED) is 0.668. The first-order valence-corrected chi connectivity index (χ1v) is 6.09. The Hall–Kier alpha value is -1.63. The van der Waals surface area contributed by atoms with Gasteiger partial charge >= 0.3 is 0 Å². The van der Waals surface area contributed by atoms with Crippen LogP contribution in [0.1, 0.15) is 6.42 Å². The number of hydrogen-bond donors (Lipinski definition) is 1. The maximum absolute atomic E-state index is 11.4. The average molecular weight is 316 g/mol. The minimum absolute atomic E-state index is 0.0123. The number of nitro groups is 1. The SMILES string of the molecule is CN(C)C(=O)CCNc1ccc(Br)cc1[N+](=O)[O-]. The van der Waals surface area contributed by atoms with Gasteiger partial charge in [0.25, 0.3) is 5.69 Å². The lowest BCUT2D eigenvalue weighted by Gasteiger charge is -2.11. The van der Waals surface area contributed by atoms with Crippen LogP contribution in [0.2, 0.25) is 0 Å². The van der Waals surface area contributed by atoms with Crippen LogP contribution < -0.4 is 5.32 Å². The van der Waals surface area contributed by atoms with Crippen molar-refractivity contribution in [3.63, 3.8) is 0 Å². The average Bonchev–Trinajstić information content (AvgIpc) is 2.30. The standard InChI is InChI=1S/C11H14BrN3O3/c1-14(2)11(16)5-6-13-9-4-3-8(12)7-10(9)15(17)18/h3-4,7,13H,5-6H2,1-2H3. The highest BCUT2D eigenvalue weighted by molar-refractivity contribution is 9.10. The van der Waals surface area contributed by atoms with E-state index in [4.69, 9.17) is 0 Å². The van der Waals surface area contributed by atoms with Crippen molar-refractivity contribution >= 4 is 33.2 Å². The number of nitro benzene ring substituents is 1. The lowest BCUT2D eigenvalue weighted by molar-refractivity contribution is -0.384. The van der Waals surface area contributed by atoms with Crippen LogP contribution in [0, 0.1) is 10.1 Å². The van der Waals surface area contributed by atoms with E-state index < -0.39 is 4.92 Å². The van der Waals surface area contributed by atoms with E-state index in [2.05, 4.69) is 21.2 Å². The van der Waals surface area contributed by atoms with Gasteiger partial charge in [0.2, 0.25) is 5.91 Å². The second-order valence-corrected chi connectivity index (χ2v) is 4.80. The second-order valence-electron chi connectivity index (χ2n) is 3.88. The Balaban J connectivity index is 2.68. The molecule has 0 saturated carbocycles. The number of hydrogen-bond acceptors (Lipinski definition) is 4. The maximum Gasteiger partial charge on any atom is 0.293 e. The predicted molar refractivity (Wildman–Crippen MR) is 72.6 cm³/mol. The van der Waals surface area contributed by atoms with Crippen molar-refractivity contribution in [1.29, 1.82) is 0 Å². The Morgan fingerprint density at radius 3 is 2.72 bits per heavy atom. The lowest BCUT2D eigenvalue weighted by atomic mass is 10.2. The van der Waals surface area contributed by atoms with Crippen molar-refractivity contribution in [1.82, 2.24) is 4.90 Å². The molecule has 0 aliphatic rings. The summed E-state index contributed by atoms with van der Waals surface area (Å²) in [6, 6.07) is 4.75. The first-order chi connectivity index (χ1) is 8.41. The molecule has 0 aliphatic heterocycles. The molecule has 1 N–H and O–H groups in total. The van der Waals surface area contributed by atoms with Crippen LogP contribution in [0.25, 0.3) is 0 Å². The van der Waals surface area contributed by atoms with Crippen LogP contribution in [-0.4, -0.2) is 36.4 Å². The van der Waals surface area contributed by atoms with Gasteiger partial charge in [0.1, 0.15) is 5.69 Å². The molecule has 1 aromatic rings. The Kier molecular flexibility index (Phi) is 5.08. The van der Waals surface area contributed by atoms with Gasteiger partial charge in [-0.1, -0.05) is 15.9 Å². The Morgan fingerprint density at radius 2 is 2.17 bits per heavy atom. The lowest BCUT2D eigenvalue weighted by Crippen LogP contribution is -2.24. The molecule has 0 unspecified atom stereocenters. The van der Waals surface area contributed by atoms with Crippen LogP contribution in [0.5, 0.6) is 0 Å². The maximum atomic E-state index is 11.4. The predicted octanol–water partition coefficient (Wildman–Crippen LogP) is 2.25. The molecule has 0 spiro atoms. The fraction of sp³-hybridized carbons (Fsp3) is 0.364. The smallest absolute Gasteiger partial charge is 0.293 e. The minimum atomic E-state index is -0.457. The number of nitrogens with one attached hydrogen (secondary N) is 1. The summed E-state index contributed by atoms with van der Waals surface area (Å²) in [6.07, 6.45) is 0.292. The van der Waals surface area contributed by atoms with E-state index in [1.54, 1.807) is 26.2 Å². The number of rotatable bonds is 5. The molecule has 0 saturated heterocycles. The van der Waals surface area contributed by atoms with E-state index in [0.717, 1.165) is 0 Å². The molecular formula is C11H14BrN3O3. The van der Waals surface area contributed by atoms with Gasteiger partial charge in [-0.25, -0.2) is 0 Å². The summed E-state index contributed by atoms with van der Waals surface area (Å²) in [7, 11) is 3.34. The molecule has 18 heavy (non-hydrogen) atoms. The first-order valence-electron chi connectivity index (χ1n) is 5.30. The summed E-state index contributed by atoms with van der Waals surface area (Å²) < 4.78 is 0.643. The Morgan fingerprint density at radius 1 is 1.50 bits per heavy atom. The zero-order valence-corrected chi connectivity index (χ0v) is 11.7. The van der Waals surface area contributed by atoms with Crippen LogP contribution in [0.4, 0.5) is 11.4 Å². The van der Waals surface area contributed by atoms with Gasteiger partial charge < -0.3 is 10.2 Å². The van der Waals surface area contributed by atoms with Crippen LogP contribution in [-0.2, 0) is 4.79 Å². The van der Waals surface area contributed by atoms with Gasteiger partial charge in [-0.2, -0.15) is 0 Å². The van der Waals surface area contributed by atoms with Crippen molar-refractivity contribution in [3.8, 4) is 0 Å². The molecule has 0 radical (unpaired) electrons. The second kappa shape index (κ2) is 6.34. The topological polar surface area (TPSA) is 75.5 Å². The third-order valence-corrected chi connectivity index (χ3v) is 2.80. The summed E-state index contributed by atoms with van der Waals surface area (Å²) in [5.41, 5.74) is 0.399. The molecular weight excluding hydrogens is 302 g/mol. The highest BCUT2D eigenvalue weighted by Crippen LogP contribution is 2.27. The molecule has 1 rings (SSSR count). The number of carbonyl (C=O) groups is 1. The van der Waals surface area contributed by atoms with E-state index in [1.165, 1.54) is 11.0 Å². The zero-order valence-electron chi connectivity index (χ0n) is 10.1. The van der Waals surface area contributed by atoms with Crippen molar-refractivity contribution in [2.24, 2.45) is 0 Å². The van der Waals surface area contributed by atoms with Crippen LogP contribution in [0.3, 0.4) is 0 Å². The van der Waals surface area contributed by atoms with Gasteiger partial charge in [-0.05, 0) is 12.1 Å². The third-order valence-electron chi connectivity index (χ3n) is 2.31. The number of anilines is 1. The molecule has 0 heterocycles. The van der Waals surface area contributed by atoms with Gasteiger partial charge in [-0.3, -0.25) is 14.9 Å². The molecule has 6 nitrogen and oxygen atoms in total. The molecule has 7 heteroatoms. The van der Waals surface area contributed by atoms with Crippen molar-refractivity contribution in [2.75, 3.05) is 26.0 Å². The van der Waals surface area contributed by atoms with Crippen molar-refractivity contribution in [2.45, 2.75) is 6.42 Å². The molecule has 0 atom stereocenters. The van der Waals surface area contributed by atoms with E-state index >= 15 is 0 Å². The molecule has 0 bridgehead atoms. The Bertz CT molecular complexity index is 463. The number of benzene rings is 1. The van der Waals surface area contributed by atoms with Crippen LogP contribution >= 0.6 is 15.9 Å². The van der Waals surface area contributed by atoms with E-state index in [9.17, 15) is 14.9 Å². The molecule has 1 amide bonds. The molecule has 0 aromatic heterocycles. The summed E-state index contributed by atoms with van der Waals surface area (Å²) in [5, 5.41) is 13.7. The zero-order chi connectivity index (χ0) is 13.7. The normalized spacial score (nSPS) is 9.94. The number of halogens is 1. The summed E-state index contributed by atoms with van der Waals surface area (Å²) in [5.74, 6) is -0.0257. The molecule has 1 aromatic carbocycles. The molecule has 0 fully saturated rings. The molecule has 98 valence electrons. The highest BCUT2D eigenvalue weighted by Gasteiger charge is 2.14. The summed E-state index contributed by atoms with van der Waals surface area (Å²) >= 11 is 3.18. The van der Waals surface area contributed by atoms with Crippen LogP contribution in [0.15, 0.2) is 22.7 Å². The third kappa shape index (κ3) is 3.99. The number of nitrogens with zero attached hydrogens (tertiary/aromatic N) is 2. The van der Waals surface area contributed by atoms with Gasteiger partial charge in [0.15, 0.2) is 0 Å². The fourth-order valence-electron chi connectivity index (χ4n) is 1.33. The number of carbonyl (C=O) groups excluding carboxylic acids is 1. The largest absolute Gasteiger partial charge is 0.379 e. The monoisotopic (exact) mass is 315 g/mol. The van der Waals surface area contributed by atoms with Gasteiger partial charge in [0, 0.05) is 37.6 Å². The van der Waals surface area contributed by atoms with Gasteiger partial charge in [0.05, 0.1) is 4.92 Å². The fourth-order valence-corrected chi connectivity index (χ4v) is 1.68.